The maximum atomic E-state index is 6.76. The van der Waals surface area contributed by atoms with Crippen LogP contribution in [-0.2, 0) is 10.8 Å². The van der Waals surface area contributed by atoms with Gasteiger partial charge in [-0.2, -0.15) is 0 Å². The van der Waals surface area contributed by atoms with Gasteiger partial charge >= 0.3 is 0 Å². The zero-order valence-corrected chi connectivity index (χ0v) is 41.3. The first-order valence-electron chi connectivity index (χ1n) is 25.8. The molecule has 4 atom stereocenters. The normalized spacial score (nSPS) is 19.3. The lowest BCUT2D eigenvalue weighted by molar-refractivity contribution is 0.198. The van der Waals surface area contributed by atoms with Crippen LogP contribution in [0.25, 0.3) is 72.3 Å². The molecule has 5 heteroatoms. The highest BCUT2D eigenvalue weighted by atomic mass is 16.5. The summed E-state index contributed by atoms with van der Waals surface area (Å²) in [4.78, 5) is 13.3. The highest BCUT2D eigenvalue weighted by molar-refractivity contribution is 6.11. The first kappa shape index (κ1) is 42.2. The van der Waals surface area contributed by atoms with E-state index in [0.717, 1.165) is 39.6 Å². The van der Waals surface area contributed by atoms with Crippen molar-refractivity contribution in [1.82, 2.24) is 14.5 Å². The Hall–Kier alpha value is -8.54. The molecule has 0 N–H and O–H groups in total. The molecule has 11 aromatic rings. The Morgan fingerprint density at radius 3 is 1.53 bits per heavy atom. The molecule has 0 amide bonds. The van der Waals surface area contributed by atoms with E-state index in [9.17, 15) is 0 Å². The van der Waals surface area contributed by atoms with E-state index in [0.29, 0.717) is 5.95 Å². The van der Waals surface area contributed by atoms with Crippen LogP contribution in [0.15, 0.2) is 218 Å². The number of nitrogens with zero attached hydrogens (tertiary/aromatic N) is 4. The lowest BCUT2D eigenvalue weighted by Gasteiger charge is -2.29. The van der Waals surface area contributed by atoms with Crippen LogP contribution >= 0.6 is 0 Å². The average Bonchev–Trinajstić information content (AvgIpc) is 4.21. The number of anilines is 2. The van der Waals surface area contributed by atoms with Crippen molar-refractivity contribution >= 4 is 33.4 Å². The van der Waals surface area contributed by atoms with Crippen molar-refractivity contribution in [3.8, 4) is 56.2 Å². The van der Waals surface area contributed by atoms with E-state index < -0.39 is 0 Å². The number of hydrogen-bond donors (Lipinski definition) is 0. The Balaban J connectivity index is 0.882. The van der Waals surface area contributed by atoms with Crippen LogP contribution in [0.2, 0.25) is 0 Å². The highest BCUT2D eigenvalue weighted by Gasteiger charge is 2.56. The van der Waals surface area contributed by atoms with Crippen molar-refractivity contribution in [3.63, 3.8) is 0 Å². The fourth-order valence-electron chi connectivity index (χ4n) is 13.8. The first-order chi connectivity index (χ1) is 35.7. The summed E-state index contributed by atoms with van der Waals surface area (Å²) < 4.78 is 9.18. The molecule has 0 bridgehead atoms. The molecule has 15 rings (SSSR count). The van der Waals surface area contributed by atoms with Gasteiger partial charge in [0.1, 0.15) is 11.9 Å². The Labute approximate surface area is 426 Å². The van der Waals surface area contributed by atoms with Gasteiger partial charge in [-0.25, -0.2) is 9.97 Å². The smallest absolute Gasteiger partial charge is 0.231 e. The molecule has 350 valence electrons. The fourth-order valence-corrected chi connectivity index (χ4v) is 13.8. The number of para-hydroxylation sites is 1. The molecule has 0 saturated carbocycles. The molecule has 4 aliphatic rings. The van der Waals surface area contributed by atoms with Gasteiger partial charge in [0.25, 0.3) is 0 Å². The van der Waals surface area contributed by atoms with E-state index >= 15 is 0 Å². The van der Waals surface area contributed by atoms with E-state index in [-0.39, 0.29) is 34.8 Å². The van der Waals surface area contributed by atoms with Crippen LogP contribution < -0.4 is 9.64 Å². The van der Waals surface area contributed by atoms with Crippen LogP contribution in [0.1, 0.15) is 85.1 Å². The summed E-state index contributed by atoms with van der Waals surface area (Å²) in [5.41, 5.74) is 21.3. The third-order valence-corrected chi connectivity index (χ3v) is 17.1. The third-order valence-electron chi connectivity index (χ3n) is 17.1. The molecule has 4 heterocycles. The van der Waals surface area contributed by atoms with Crippen LogP contribution in [0.3, 0.4) is 0 Å². The average molecular weight is 941 g/mol. The zero-order chi connectivity index (χ0) is 48.7. The van der Waals surface area contributed by atoms with E-state index in [2.05, 4.69) is 256 Å². The van der Waals surface area contributed by atoms with Gasteiger partial charge in [0.2, 0.25) is 5.95 Å². The van der Waals surface area contributed by atoms with Crippen LogP contribution in [0.4, 0.5) is 11.6 Å². The minimum Gasteiger partial charge on any atom is -0.485 e. The predicted octanol–water partition coefficient (Wildman–Crippen LogP) is 17.0. The SMILES string of the molecule is CC1(C)c2ccccc2C2Oc3ccc(-c4ccc5c(c4)c4cc(-c6ccc7c(c6)C6C(c8ccccc8C6(C)C)N7c6nc(-c7ccccc7)cc(-c7ccccc7)n6)ccc4n5-c4ccccc4)cc3C21. The number of benzene rings is 9. The molecule has 2 aromatic heterocycles. The summed E-state index contributed by atoms with van der Waals surface area (Å²) in [5.74, 6) is 2.13. The molecule has 0 saturated heterocycles. The molecular formula is C68H52N4O. The van der Waals surface area contributed by atoms with Crippen molar-refractivity contribution in [3.05, 3.63) is 252 Å². The number of hydrogen-bond acceptors (Lipinski definition) is 4. The summed E-state index contributed by atoms with van der Waals surface area (Å²) in [6, 6.07) is 80.0. The van der Waals surface area contributed by atoms with Crippen LogP contribution in [-0.4, -0.2) is 14.5 Å². The third kappa shape index (κ3) is 6.15. The molecule has 2 aliphatic heterocycles. The van der Waals surface area contributed by atoms with Crippen molar-refractivity contribution in [1.29, 1.82) is 0 Å². The number of aromatic nitrogens is 3. The lowest BCUT2D eigenvalue weighted by atomic mass is 9.74. The summed E-state index contributed by atoms with van der Waals surface area (Å²) in [6.45, 7) is 9.62. The summed E-state index contributed by atoms with van der Waals surface area (Å²) in [6.07, 6.45) is 0.0381. The Morgan fingerprint density at radius 2 is 0.904 bits per heavy atom. The van der Waals surface area contributed by atoms with Crippen LogP contribution in [0.5, 0.6) is 5.75 Å². The summed E-state index contributed by atoms with van der Waals surface area (Å²) in [7, 11) is 0. The number of fused-ring (bicyclic) bond motifs is 13. The van der Waals surface area contributed by atoms with E-state index in [1.165, 1.54) is 77.4 Å². The molecule has 0 fully saturated rings. The van der Waals surface area contributed by atoms with Crippen molar-refractivity contribution < 1.29 is 4.74 Å². The van der Waals surface area contributed by atoms with Gasteiger partial charge in [0.15, 0.2) is 0 Å². The second-order valence-electron chi connectivity index (χ2n) is 21.8. The first-order valence-corrected chi connectivity index (χ1v) is 25.8. The molecule has 9 aromatic carbocycles. The van der Waals surface area contributed by atoms with Crippen molar-refractivity contribution in [2.24, 2.45) is 0 Å². The lowest BCUT2D eigenvalue weighted by Crippen LogP contribution is -2.26. The maximum absolute atomic E-state index is 6.76. The number of ether oxygens (including phenoxy) is 1. The minimum atomic E-state index is -0.158. The van der Waals surface area contributed by atoms with Crippen molar-refractivity contribution in [2.75, 3.05) is 4.90 Å². The van der Waals surface area contributed by atoms with Gasteiger partial charge in [-0.1, -0.05) is 179 Å². The highest BCUT2D eigenvalue weighted by Crippen LogP contribution is 2.65. The molecule has 0 spiro atoms. The largest absolute Gasteiger partial charge is 0.485 e. The molecular weight excluding hydrogens is 889 g/mol. The Morgan fingerprint density at radius 1 is 0.411 bits per heavy atom. The molecule has 5 nitrogen and oxygen atoms in total. The molecule has 2 aliphatic carbocycles. The number of rotatable bonds is 6. The van der Waals surface area contributed by atoms with Gasteiger partial charge in [-0.3, -0.25) is 0 Å². The quantitative estimate of drug-likeness (QED) is 0.167. The van der Waals surface area contributed by atoms with Crippen molar-refractivity contribution in [2.45, 2.75) is 62.5 Å². The monoisotopic (exact) mass is 940 g/mol. The maximum Gasteiger partial charge on any atom is 0.231 e. The zero-order valence-electron chi connectivity index (χ0n) is 41.3. The summed E-state index contributed by atoms with van der Waals surface area (Å²) in [5, 5.41) is 2.45. The molecule has 4 unspecified atom stereocenters. The molecule has 73 heavy (non-hydrogen) atoms. The minimum absolute atomic E-state index is 0.0163. The molecule has 0 radical (unpaired) electrons. The standard InChI is InChI=1S/C68H52N4O/c1-67(2)54-26-16-14-24-48(54)64-62(67)52-38-45(30-34-60(52)72(64)66-69-56(41-18-8-5-9-19-41)40-57(70-66)42-20-10-6-11-21-42)43-28-32-58-50(36-43)51-37-44(29-33-59(51)71(58)47-22-12-7-13-23-47)46-31-35-61-53(39-46)63-65(73-61)49-25-15-17-27-55(49)68(63,3)4/h5-40,62-65H,1-4H3. The van der Waals surface area contributed by atoms with Gasteiger partial charge in [0.05, 0.1) is 28.5 Å². The second-order valence-corrected chi connectivity index (χ2v) is 21.8. The predicted molar refractivity (Wildman–Crippen MR) is 297 cm³/mol. The van der Waals surface area contributed by atoms with Gasteiger partial charge in [-0.15, -0.1) is 0 Å². The second kappa shape index (κ2) is 15.5. The van der Waals surface area contributed by atoms with Gasteiger partial charge < -0.3 is 14.2 Å². The van der Waals surface area contributed by atoms with E-state index in [4.69, 9.17) is 14.7 Å². The van der Waals surface area contributed by atoms with Gasteiger partial charge in [-0.05, 0) is 122 Å². The summed E-state index contributed by atoms with van der Waals surface area (Å²) >= 11 is 0. The topological polar surface area (TPSA) is 43.2 Å². The van der Waals surface area contributed by atoms with Gasteiger partial charge in [0, 0.05) is 56.1 Å². The fraction of sp³-hybridized carbons (Fsp3) is 0.147. The van der Waals surface area contributed by atoms with E-state index in [1.807, 2.05) is 0 Å². The Kier molecular flexibility index (Phi) is 8.94. The van der Waals surface area contributed by atoms with E-state index in [1.54, 1.807) is 0 Å². The Bertz CT molecular complexity index is 3980. The van der Waals surface area contributed by atoms with Crippen LogP contribution in [0, 0.1) is 0 Å².